The van der Waals surface area contributed by atoms with E-state index in [9.17, 15) is 23.1 Å². The van der Waals surface area contributed by atoms with E-state index in [1.54, 1.807) is 49.4 Å². The molecule has 0 bridgehead atoms. The summed E-state index contributed by atoms with van der Waals surface area (Å²) >= 11 is 6.24. The first kappa shape index (κ1) is 26.4. The predicted octanol–water partition coefficient (Wildman–Crippen LogP) is 6.13. The zero-order valence-electron chi connectivity index (χ0n) is 19.8. The smallest absolute Gasteiger partial charge is 0.375 e. The van der Waals surface area contributed by atoms with Crippen molar-refractivity contribution < 1.29 is 23.1 Å². The van der Waals surface area contributed by atoms with Crippen molar-refractivity contribution in [1.29, 1.82) is 5.26 Å². The van der Waals surface area contributed by atoms with E-state index in [1.807, 2.05) is 12.1 Å². The van der Waals surface area contributed by atoms with Crippen LogP contribution in [0.2, 0.25) is 5.02 Å². The summed E-state index contributed by atoms with van der Waals surface area (Å²) < 4.78 is 40.1. The van der Waals surface area contributed by atoms with E-state index in [2.05, 4.69) is 5.32 Å². The summed E-state index contributed by atoms with van der Waals surface area (Å²) in [6, 6.07) is 20.4. The van der Waals surface area contributed by atoms with E-state index >= 15 is 0 Å². The number of hydrogen-bond acceptors (Lipinski definition) is 4. The number of aliphatic hydroxyl groups excluding tert-OH is 1. The summed E-state index contributed by atoms with van der Waals surface area (Å²) in [6.45, 7) is 1.82. The van der Waals surface area contributed by atoms with Crippen LogP contribution in [-0.2, 0) is 17.5 Å². The van der Waals surface area contributed by atoms with E-state index in [-0.39, 0.29) is 18.7 Å². The van der Waals surface area contributed by atoms with E-state index in [0.29, 0.717) is 27.4 Å². The molecule has 0 aliphatic carbocycles. The Hall–Kier alpha value is -3.64. The number of carbonyl (C=O) groups is 1. The highest BCUT2D eigenvalue weighted by atomic mass is 35.5. The molecule has 0 radical (unpaired) electrons. The molecule has 3 aromatic rings. The Bertz CT molecular complexity index is 1380. The van der Waals surface area contributed by atoms with Crippen molar-refractivity contribution in [1.82, 2.24) is 5.32 Å². The lowest BCUT2D eigenvalue weighted by Crippen LogP contribution is -2.42. The molecule has 4 rings (SSSR count). The molecule has 9 heteroatoms. The molecule has 2 atom stereocenters. The maximum Gasteiger partial charge on any atom is 0.416 e. The number of hydrogen-bond donors (Lipinski definition) is 2. The second kappa shape index (κ2) is 10.8. The van der Waals surface area contributed by atoms with Crippen LogP contribution < -0.4 is 10.2 Å². The first-order valence-electron chi connectivity index (χ1n) is 11.5. The molecule has 0 saturated carbocycles. The lowest BCUT2D eigenvalue weighted by molar-refractivity contribution is -0.137. The molecule has 1 amide bonds. The Morgan fingerprint density at radius 3 is 2.49 bits per heavy atom. The predicted molar refractivity (Wildman–Crippen MR) is 134 cm³/mol. The highest BCUT2D eigenvalue weighted by molar-refractivity contribution is 6.31. The lowest BCUT2D eigenvalue weighted by atomic mass is 9.82. The van der Waals surface area contributed by atoms with Crippen LogP contribution in [-0.4, -0.2) is 17.2 Å². The summed E-state index contributed by atoms with van der Waals surface area (Å²) in [5.41, 5.74) is 1.83. The molecule has 0 spiro atoms. The molecule has 5 nitrogen and oxygen atoms in total. The molecule has 1 aliphatic rings. The number of carbonyl (C=O) groups excluding carboxylic acids is 1. The Balaban J connectivity index is 1.76. The normalized spacial score (nSPS) is 17.1. The number of nitrogens with one attached hydrogen (secondary N) is 1. The standard InChI is InChI=1S/C28H23ClF3N3O2/c1-17-26(27(37)34-16-20-5-2-3-8-24(20)29)23(19-11-9-18(15-33)10-12-19)14-25(36)35(17)22-7-4-6-21(13-22)28(30,31)32/h2-13,23,27,34,37H,14,16H2,1H3. The van der Waals surface area contributed by atoms with Gasteiger partial charge in [0.15, 0.2) is 0 Å². The second-order valence-electron chi connectivity index (χ2n) is 8.68. The monoisotopic (exact) mass is 525 g/mol. The van der Waals surface area contributed by atoms with Gasteiger partial charge in [-0.1, -0.05) is 48.0 Å². The molecule has 1 heterocycles. The molecule has 2 N–H and O–H groups in total. The van der Waals surface area contributed by atoms with Crippen molar-refractivity contribution in [2.24, 2.45) is 0 Å². The molecular formula is C28H23ClF3N3O2. The quantitative estimate of drug-likeness (QED) is 0.379. The van der Waals surface area contributed by atoms with Gasteiger partial charge in [0.05, 0.1) is 17.2 Å². The second-order valence-corrected chi connectivity index (χ2v) is 9.09. The maximum atomic E-state index is 13.4. The third-order valence-electron chi connectivity index (χ3n) is 6.37. The number of nitriles is 1. The Morgan fingerprint density at radius 1 is 1.14 bits per heavy atom. The molecular weight excluding hydrogens is 503 g/mol. The number of nitrogens with zero attached hydrogens (tertiary/aromatic N) is 2. The molecule has 2 unspecified atom stereocenters. The van der Waals surface area contributed by atoms with E-state index in [4.69, 9.17) is 16.9 Å². The zero-order chi connectivity index (χ0) is 26.7. The van der Waals surface area contributed by atoms with Gasteiger partial charge in [-0.25, -0.2) is 0 Å². The minimum Gasteiger partial charge on any atom is -0.375 e. The van der Waals surface area contributed by atoms with Gasteiger partial charge < -0.3 is 5.11 Å². The van der Waals surface area contributed by atoms with Crippen LogP contribution >= 0.6 is 11.6 Å². The molecule has 0 aromatic heterocycles. The Morgan fingerprint density at radius 2 is 1.84 bits per heavy atom. The fourth-order valence-electron chi connectivity index (χ4n) is 4.54. The van der Waals surface area contributed by atoms with Crippen molar-refractivity contribution in [3.63, 3.8) is 0 Å². The molecule has 37 heavy (non-hydrogen) atoms. The third kappa shape index (κ3) is 5.70. The highest BCUT2D eigenvalue weighted by Crippen LogP contribution is 2.41. The van der Waals surface area contributed by atoms with E-state index in [1.165, 1.54) is 17.0 Å². The average Bonchev–Trinajstić information content (AvgIpc) is 2.87. The number of alkyl halides is 3. The van der Waals surface area contributed by atoms with Crippen LogP contribution in [0, 0.1) is 11.3 Å². The fourth-order valence-corrected chi connectivity index (χ4v) is 4.74. The molecule has 0 saturated heterocycles. The van der Waals surface area contributed by atoms with Gasteiger partial charge in [-0.3, -0.25) is 15.0 Å². The topological polar surface area (TPSA) is 76.4 Å². The summed E-state index contributed by atoms with van der Waals surface area (Å²) in [7, 11) is 0. The van der Waals surface area contributed by atoms with Crippen molar-refractivity contribution in [3.8, 4) is 6.07 Å². The average molecular weight is 526 g/mol. The van der Waals surface area contributed by atoms with Gasteiger partial charge in [0.2, 0.25) is 5.91 Å². The van der Waals surface area contributed by atoms with Gasteiger partial charge in [-0.05, 0) is 54.4 Å². The number of rotatable bonds is 6. The minimum absolute atomic E-state index is 0.0615. The third-order valence-corrected chi connectivity index (χ3v) is 6.74. The zero-order valence-corrected chi connectivity index (χ0v) is 20.5. The summed E-state index contributed by atoms with van der Waals surface area (Å²) in [5.74, 6) is -0.968. The number of allylic oxidation sites excluding steroid dienone is 1. The first-order chi connectivity index (χ1) is 17.6. The molecule has 1 aliphatic heterocycles. The van der Waals surface area contributed by atoms with E-state index in [0.717, 1.165) is 17.7 Å². The number of benzene rings is 3. The molecule has 0 fully saturated rings. The van der Waals surface area contributed by atoms with Gasteiger partial charge in [0.1, 0.15) is 6.23 Å². The van der Waals surface area contributed by atoms with Gasteiger partial charge >= 0.3 is 6.18 Å². The van der Waals surface area contributed by atoms with Crippen LogP contribution in [0.5, 0.6) is 0 Å². The Labute approximate surface area is 217 Å². The van der Waals surface area contributed by atoms with Gasteiger partial charge in [-0.2, -0.15) is 18.4 Å². The summed E-state index contributed by atoms with van der Waals surface area (Å²) in [4.78, 5) is 14.5. The van der Waals surface area contributed by atoms with Gasteiger partial charge in [0, 0.05) is 40.9 Å². The summed E-state index contributed by atoms with van der Waals surface area (Å²) in [5, 5.41) is 24.0. The van der Waals surface area contributed by atoms with E-state index < -0.39 is 29.8 Å². The first-order valence-corrected chi connectivity index (χ1v) is 11.8. The van der Waals surface area contributed by atoms with Crippen LogP contribution in [0.1, 0.15) is 41.5 Å². The van der Waals surface area contributed by atoms with Crippen molar-refractivity contribution >= 4 is 23.2 Å². The molecule has 190 valence electrons. The SMILES string of the molecule is CC1=C(C(O)NCc2ccccc2Cl)C(c2ccc(C#N)cc2)CC(=O)N1c1cccc(C(F)(F)F)c1. The van der Waals surface area contributed by atoms with Crippen LogP contribution in [0.15, 0.2) is 84.1 Å². The van der Waals surface area contributed by atoms with Gasteiger partial charge in [0.25, 0.3) is 0 Å². The number of amides is 1. The van der Waals surface area contributed by atoms with Crippen LogP contribution in [0.3, 0.4) is 0 Å². The van der Waals surface area contributed by atoms with Gasteiger partial charge in [-0.15, -0.1) is 0 Å². The maximum absolute atomic E-state index is 13.4. The number of aliphatic hydroxyl groups is 1. The van der Waals surface area contributed by atoms with Crippen molar-refractivity contribution in [2.45, 2.75) is 38.2 Å². The van der Waals surface area contributed by atoms with Crippen molar-refractivity contribution in [3.05, 3.63) is 111 Å². The van der Waals surface area contributed by atoms with Crippen LogP contribution in [0.4, 0.5) is 18.9 Å². The minimum atomic E-state index is -4.57. The largest absolute Gasteiger partial charge is 0.416 e. The Kier molecular flexibility index (Phi) is 7.69. The fraction of sp³-hybridized carbons (Fsp3) is 0.214. The van der Waals surface area contributed by atoms with Crippen molar-refractivity contribution in [2.75, 3.05) is 4.90 Å². The number of anilines is 1. The highest BCUT2D eigenvalue weighted by Gasteiger charge is 2.38. The number of halogens is 4. The lowest BCUT2D eigenvalue weighted by Gasteiger charge is -2.37. The van der Waals surface area contributed by atoms with Crippen LogP contribution in [0.25, 0.3) is 0 Å². The molecule has 3 aromatic carbocycles. The summed E-state index contributed by atoms with van der Waals surface area (Å²) in [6.07, 6.45) is -5.89.